The van der Waals surface area contributed by atoms with Crippen molar-refractivity contribution < 1.29 is 42.8 Å². The molecule has 1 aliphatic heterocycles. The van der Waals surface area contributed by atoms with Gasteiger partial charge in [-0.3, -0.25) is 23.4 Å². The SMILES string of the molecule is CC[C@@H](C)[C@H]([C@H](CC(=O)N1CCC[C@@H]1[C@@H](OC)[C@H](C)C(=O)N[C@@H](C)[C@H](O)c1ccccc1)OC)N(C)C(=O)C(CC(=O)C(C(C)C)N(C)C(=O)NCCC[SH](C)(C)=O)C(C)C. The quantitative estimate of drug-likeness (QED) is 0.0802. The first-order valence-corrected chi connectivity index (χ1v) is 25.0. The number of ether oxygens (including phenoxy) is 2. The maximum Gasteiger partial charge on any atom is 0.317 e. The summed E-state index contributed by atoms with van der Waals surface area (Å²) in [7, 11) is 4.19. The number of carbonyl (C=O) groups excluding carboxylic acids is 5. The minimum Gasteiger partial charge on any atom is -0.386 e. The van der Waals surface area contributed by atoms with Gasteiger partial charge >= 0.3 is 6.03 Å². The molecule has 1 aromatic rings. The second kappa shape index (κ2) is 25.0. The summed E-state index contributed by atoms with van der Waals surface area (Å²) >= 11 is 0. The van der Waals surface area contributed by atoms with Crippen LogP contribution < -0.4 is 10.6 Å². The number of benzene rings is 1. The van der Waals surface area contributed by atoms with Gasteiger partial charge in [-0.25, -0.2) is 4.79 Å². The lowest BCUT2D eigenvalue weighted by Gasteiger charge is -2.41. The van der Waals surface area contributed by atoms with E-state index in [-0.39, 0.29) is 60.1 Å². The van der Waals surface area contributed by atoms with Gasteiger partial charge in [0.15, 0.2) is 5.78 Å². The van der Waals surface area contributed by atoms with E-state index in [4.69, 9.17) is 9.47 Å². The van der Waals surface area contributed by atoms with Crippen molar-refractivity contribution in [1.82, 2.24) is 25.3 Å². The first-order valence-electron chi connectivity index (χ1n) is 22.2. The maximum absolute atomic E-state index is 14.6. The smallest absolute Gasteiger partial charge is 0.317 e. The van der Waals surface area contributed by atoms with Crippen LogP contribution in [0.3, 0.4) is 0 Å². The summed E-state index contributed by atoms with van der Waals surface area (Å²) in [5, 5.41) is 16.7. The number of nitrogens with one attached hydrogen (secondary N) is 2. The van der Waals surface area contributed by atoms with E-state index in [1.54, 1.807) is 64.5 Å². The molecule has 2 rings (SSSR count). The van der Waals surface area contributed by atoms with Crippen LogP contribution in [0.2, 0.25) is 0 Å². The van der Waals surface area contributed by atoms with Crippen LogP contribution in [0.5, 0.6) is 0 Å². The van der Waals surface area contributed by atoms with E-state index >= 15 is 0 Å². The van der Waals surface area contributed by atoms with Gasteiger partial charge in [0.25, 0.3) is 0 Å². The number of nitrogens with zero attached hydrogens (tertiary/aromatic N) is 3. The fraction of sp³-hybridized carbons (Fsp3) is 0.761. The summed E-state index contributed by atoms with van der Waals surface area (Å²) in [6.07, 6.45) is 3.84. The molecular weight excluding hydrogens is 799 g/mol. The molecule has 1 aliphatic rings. The van der Waals surface area contributed by atoms with Crippen molar-refractivity contribution in [3.05, 3.63) is 35.9 Å². The molecule has 3 N–H and O–H groups in total. The summed E-state index contributed by atoms with van der Waals surface area (Å²) in [5.41, 5.74) is 0.697. The lowest BCUT2D eigenvalue weighted by molar-refractivity contribution is -0.149. The molecule has 61 heavy (non-hydrogen) atoms. The zero-order valence-corrected chi connectivity index (χ0v) is 40.6. The number of methoxy groups -OCH3 is 2. The Balaban J connectivity index is 2.25. The van der Waals surface area contributed by atoms with E-state index in [0.717, 1.165) is 6.42 Å². The summed E-state index contributed by atoms with van der Waals surface area (Å²) in [5.74, 6) is -2.19. The highest BCUT2D eigenvalue weighted by atomic mass is 32.2. The third kappa shape index (κ3) is 15.4. The molecule has 15 heteroatoms. The number of aliphatic hydroxyl groups excluding tert-OH is 1. The number of aliphatic hydroxyl groups is 1. The number of urea groups is 1. The standard InChI is InChI=1S/C46H81N5O9S/c1-15-31(6)41(49(9)45(56)35(29(2)3)27-37(52)40(30(4)5)50(10)46(57)47-24-20-26-61(13,14)58)38(59-11)28-39(53)51-25-19-23-36(51)43(60-12)32(7)44(55)48-33(8)42(54)34-21-17-16-18-22-34/h16-18,21-22,29-33,35-36,38,40-43,54,61H,15,19-20,23-28H2,1-14H3,(H,47,57)(H,48,55)/t31-,32+,33+,35?,36-,38+,40?,41-,42+,43+/m1/s1. The van der Waals surface area contributed by atoms with Crippen LogP contribution in [0.25, 0.3) is 0 Å². The summed E-state index contributed by atoms with van der Waals surface area (Å²) in [4.78, 5) is 74.5. The van der Waals surface area contributed by atoms with Crippen LogP contribution in [0.4, 0.5) is 4.79 Å². The molecule has 1 saturated heterocycles. The van der Waals surface area contributed by atoms with Gasteiger partial charge in [-0.05, 0) is 62.0 Å². The minimum atomic E-state index is -2.21. The van der Waals surface area contributed by atoms with Crippen LogP contribution in [0, 0.1) is 29.6 Å². The molecule has 0 radical (unpaired) electrons. The summed E-state index contributed by atoms with van der Waals surface area (Å²) in [6, 6.07) is 6.55. The molecule has 2 unspecified atom stereocenters. The lowest BCUT2D eigenvalue weighted by Crippen LogP contribution is -2.55. The van der Waals surface area contributed by atoms with Crippen molar-refractivity contribution in [3.8, 4) is 0 Å². The van der Waals surface area contributed by atoms with Gasteiger partial charge in [-0.2, -0.15) is 0 Å². The number of Topliss-reactive ketones (excluding diaryl/α,β-unsaturated/α-hetero) is 1. The molecule has 0 saturated carbocycles. The highest BCUT2D eigenvalue weighted by molar-refractivity contribution is 8.01. The fourth-order valence-corrected chi connectivity index (χ4v) is 9.75. The van der Waals surface area contributed by atoms with Crippen molar-refractivity contribution in [2.24, 2.45) is 29.6 Å². The molecule has 1 aromatic carbocycles. The van der Waals surface area contributed by atoms with Gasteiger partial charge in [0, 0.05) is 59.5 Å². The number of amides is 5. The second-order valence-electron chi connectivity index (χ2n) is 18.4. The van der Waals surface area contributed by atoms with Crippen molar-refractivity contribution in [1.29, 1.82) is 0 Å². The van der Waals surface area contributed by atoms with Gasteiger partial charge in [0.2, 0.25) is 17.7 Å². The Kier molecular flexibility index (Phi) is 22.1. The topological polar surface area (TPSA) is 175 Å². The van der Waals surface area contributed by atoms with E-state index in [2.05, 4.69) is 10.6 Å². The first-order chi connectivity index (χ1) is 28.5. The lowest BCUT2D eigenvalue weighted by atomic mass is 9.83. The van der Waals surface area contributed by atoms with Gasteiger partial charge in [-0.15, -0.1) is 9.93 Å². The van der Waals surface area contributed by atoms with Crippen molar-refractivity contribution in [3.63, 3.8) is 0 Å². The second-order valence-corrected chi connectivity index (χ2v) is 22.0. The number of ketones is 1. The zero-order valence-electron chi connectivity index (χ0n) is 39.7. The predicted molar refractivity (Wildman–Crippen MR) is 244 cm³/mol. The Morgan fingerprint density at radius 3 is 2.07 bits per heavy atom. The number of likely N-dealkylation sites (tertiary alicyclic amines) is 1. The van der Waals surface area contributed by atoms with E-state index < -0.39 is 64.2 Å². The Hall–Kier alpha value is -3.40. The average molecular weight is 880 g/mol. The molecule has 14 nitrogen and oxygen atoms in total. The largest absolute Gasteiger partial charge is 0.386 e. The van der Waals surface area contributed by atoms with Crippen LogP contribution in [0.1, 0.15) is 106 Å². The number of thiol groups is 1. The van der Waals surface area contributed by atoms with E-state index in [0.29, 0.717) is 43.7 Å². The monoisotopic (exact) mass is 880 g/mol. The Morgan fingerprint density at radius 1 is 0.918 bits per heavy atom. The molecule has 0 spiro atoms. The van der Waals surface area contributed by atoms with E-state index in [1.807, 2.05) is 71.9 Å². The van der Waals surface area contributed by atoms with Crippen molar-refractivity contribution in [2.75, 3.05) is 59.7 Å². The zero-order chi connectivity index (χ0) is 46.4. The average Bonchev–Trinajstić information content (AvgIpc) is 3.70. The first kappa shape index (κ1) is 53.7. The highest BCUT2D eigenvalue weighted by Crippen LogP contribution is 2.31. The van der Waals surface area contributed by atoms with Gasteiger partial charge in [0.05, 0.1) is 54.8 Å². The van der Waals surface area contributed by atoms with E-state index in [1.165, 1.54) is 4.90 Å². The predicted octanol–water partition coefficient (Wildman–Crippen LogP) is 4.71. The number of rotatable bonds is 25. The number of carbonyl (C=O) groups is 5. The molecule has 0 bridgehead atoms. The minimum absolute atomic E-state index is 0.00832. The third-order valence-corrected chi connectivity index (χ3v) is 14.0. The molecular formula is C46H81N5O9S. The Bertz CT molecular complexity index is 1610. The van der Waals surface area contributed by atoms with Gasteiger partial charge < -0.3 is 39.9 Å². The molecule has 0 aromatic heterocycles. The molecule has 5 amide bonds. The van der Waals surface area contributed by atoms with Crippen LogP contribution in [-0.2, 0) is 38.6 Å². The number of hydrogen-bond acceptors (Lipinski definition) is 9. The van der Waals surface area contributed by atoms with Crippen molar-refractivity contribution >= 4 is 39.5 Å². The normalized spacial score (nSPS) is 19.2. The maximum atomic E-state index is 14.6. The molecule has 350 valence electrons. The molecule has 1 fully saturated rings. The van der Waals surface area contributed by atoms with E-state index in [9.17, 15) is 33.3 Å². The highest BCUT2D eigenvalue weighted by Gasteiger charge is 2.43. The Morgan fingerprint density at radius 2 is 1.54 bits per heavy atom. The van der Waals surface area contributed by atoms with Crippen LogP contribution >= 0.6 is 0 Å². The number of likely N-dealkylation sites (N-methyl/N-ethyl adjacent to an activating group) is 2. The number of hydrogen-bond donors (Lipinski definition) is 4. The van der Waals surface area contributed by atoms with Gasteiger partial charge in [-0.1, -0.05) is 85.2 Å². The summed E-state index contributed by atoms with van der Waals surface area (Å²) < 4.78 is 24.1. The van der Waals surface area contributed by atoms with Crippen molar-refractivity contribution in [2.45, 2.75) is 136 Å². The fourth-order valence-electron chi connectivity index (χ4n) is 8.83. The third-order valence-electron chi connectivity index (χ3n) is 12.6. The summed E-state index contributed by atoms with van der Waals surface area (Å²) in [6.45, 7) is 16.0. The van der Waals surface area contributed by atoms with Gasteiger partial charge in [0.1, 0.15) is 0 Å². The van der Waals surface area contributed by atoms with Crippen LogP contribution in [0.15, 0.2) is 30.3 Å². The molecule has 1 heterocycles. The molecule has 0 aliphatic carbocycles. The Labute approximate surface area is 368 Å². The molecule has 10 atom stereocenters. The van der Waals surface area contributed by atoms with Crippen LogP contribution in [-0.4, -0.2) is 150 Å².